The van der Waals surface area contributed by atoms with Crippen molar-refractivity contribution in [2.75, 3.05) is 31.3 Å². The lowest BCUT2D eigenvalue weighted by atomic mass is 9.98. The Hall–Kier alpha value is -1.26. The van der Waals surface area contributed by atoms with Crippen LogP contribution in [-0.4, -0.2) is 35.7 Å². The summed E-state index contributed by atoms with van der Waals surface area (Å²) in [5.41, 5.74) is 3.43. The van der Waals surface area contributed by atoms with Crippen molar-refractivity contribution in [3.63, 3.8) is 0 Å². The Bertz CT molecular complexity index is 638. The van der Waals surface area contributed by atoms with Crippen molar-refractivity contribution in [2.24, 2.45) is 0 Å². The first-order valence-electron chi connectivity index (χ1n) is 8.02. The molecule has 0 aliphatic carbocycles. The van der Waals surface area contributed by atoms with Crippen molar-refractivity contribution in [1.29, 1.82) is 0 Å². The molecule has 1 N–H and O–H groups in total. The van der Waals surface area contributed by atoms with Crippen LogP contribution in [0.5, 0.6) is 0 Å². The van der Waals surface area contributed by atoms with Crippen LogP contribution < -0.4 is 5.32 Å². The van der Waals surface area contributed by atoms with Gasteiger partial charge in [0.15, 0.2) is 0 Å². The van der Waals surface area contributed by atoms with Gasteiger partial charge in [-0.1, -0.05) is 25.1 Å². The van der Waals surface area contributed by atoms with E-state index in [2.05, 4.69) is 48.8 Å². The first kappa shape index (κ1) is 15.6. The monoisotopic (exact) mass is 316 g/mol. The van der Waals surface area contributed by atoms with E-state index in [1.54, 1.807) is 0 Å². The number of anilines is 1. The first-order valence-corrected chi connectivity index (χ1v) is 9.24. The number of rotatable bonds is 5. The summed E-state index contributed by atoms with van der Waals surface area (Å²) in [7, 11) is 0. The molecule has 2 heterocycles. The van der Waals surface area contributed by atoms with Crippen molar-refractivity contribution in [2.45, 2.75) is 30.9 Å². The molecule has 1 saturated heterocycles. The smallest absolute Gasteiger partial charge is 0.0726 e. The first-order chi connectivity index (χ1) is 10.8. The van der Waals surface area contributed by atoms with Crippen LogP contribution >= 0.6 is 11.8 Å². The summed E-state index contributed by atoms with van der Waals surface area (Å²) in [4.78, 5) is 4.72. The number of ether oxygens (including phenoxy) is 1. The zero-order valence-corrected chi connectivity index (χ0v) is 14.2. The molecule has 2 aromatic rings. The van der Waals surface area contributed by atoms with Crippen LogP contribution in [0.15, 0.2) is 30.3 Å². The molecule has 1 aliphatic heterocycles. The van der Waals surface area contributed by atoms with Crippen LogP contribution in [0.2, 0.25) is 0 Å². The number of pyridine rings is 1. The summed E-state index contributed by atoms with van der Waals surface area (Å²) in [5.74, 6) is 0. The van der Waals surface area contributed by atoms with Gasteiger partial charge in [0.2, 0.25) is 0 Å². The summed E-state index contributed by atoms with van der Waals surface area (Å²) in [6.45, 7) is 4.89. The number of para-hydroxylation sites is 1. The minimum atomic E-state index is 0.287. The Kier molecular flexibility index (Phi) is 4.89. The van der Waals surface area contributed by atoms with Crippen LogP contribution in [0.3, 0.4) is 0 Å². The Morgan fingerprint density at radius 3 is 2.77 bits per heavy atom. The topological polar surface area (TPSA) is 34.1 Å². The summed E-state index contributed by atoms with van der Waals surface area (Å²) in [5, 5.41) is 4.92. The van der Waals surface area contributed by atoms with Crippen molar-refractivity contribution in [3.8, 4) is 0 Å². The molecule has 22 heavy (non-hydrogen) atoms. The predicted octanol–water partition coefficient (Wildman–Crippen LogP) is 4.12. The number of hydrogen-bond acceptors (Lipinski definition) is 4. The normalized spacial score (nSPS) is 17.5. The van der Waals surface area contributed by atoms with E-state index < -0.39 is 0 Å². The fourth-order valence-electron chi connectivity index (χ4n) is 3.01. The minimum absolute atomic E-state index is 0.287. The van der Waals surface area contributed by atoms with Crippen molar-refractivity contribution in [1.82, 2.24) is 4.98 Å². The summed E-state index contributed by atoms with van der Waals surface area (Å²) in [6, 6.07) is 10.6. The van der Waals surface area contributed by atoms with E-state index in [4.69, 9.17) is 9.72 Å². The van der Waals surface area contributed by atoms with Crippen LogP contribution in [0.1, 0.15) is 25.5 Å². The van der Waals surface area contributed by atoms with Gasteiger partial charge in [-0.15, -0.1) is 0 Å². The molecule has 0 radical (unpaired) electrons. The number of aryl methyl sites for hydroxylation is 1. The average molecular weight is 316 g/mol. The van der Waals surface area contributed by atoms with E-state index in [1.165, 1.54) is 11.1 Å². The van der Waals surface area contributed by atoms with Gasteiger partial charge >= 0.3 is 0 Å². The molecule has 1 aromatic heterocycles. The molecule has 4 heteroatoms. The number of benzene rings is 1. The van der Waals surface area contributed by atoms with Crippen LogP contribution in [0.4, 0.5) is 5.69 Å². The number of thioether (sulfide) groups is 1. The van der Waals surface area contributed by atoms with Crippen molar-refractivity contribution >= 4 is 28.4 Å². The SMILES string of the molecule is CCc1cc(NCC2(SC)CCOCC2)c2ccccc2n1. The Morgan fingerprint density at radius 2 is 2.05 bits per heavy atom. The molecule has 1 aromatic carbocycles. The Morgan fingerprint density at radius 1 is 1.27 bits per heavy atom. The lowest BCUT2D eigenvalue weighted by molar-refractivity contribution is 0.0802. The second kappa shape index (κ2) is 6.88. The summed E-state index contributed by atoms with van der Waals surface area (Å²) in [6.07, 6.45) is 5.41. The standard InChI is InChI=1S/C18H24N2OS/c1-3-14-12-17(15-6-4-5-7-16(15)20-14)19-13-18(22-2)8-10-21-11-9-18/h4-7,12H,3,8-11,13H2,1-2H3,(H,19,20). The maximum Gasteiger partial charge on any atom is 0.0726 e. The van der Waals surface area contributed by atoms with Gasteiger partial charge < -0.3 is 10.1 Å². The van der Waals surface area contributed by atoms with Crippen LogP contribution in [0.25, 0.3) is 10.9 Å². The predicted molar refractivity (Wildman–Crippen MR) is 95.9 cm³/mol. The maximum absolute atomic E-state index is 5.53. The number of nitrogens with zero attached hydrogens (tertiary/aromatic N) is 1. The third kappa shape index (κ3) is 3.23. The molecule has 0 spiro atoms. The molecule has 0 bridgehead atoms. The quantitative estimate of drug-likeness (QED) is 0.899. The van der Waals surface area contributed by atoms with Crippen LogP contribution in [0, 0.1) is 0 Å². The van der Waals surface area contributed by atoms with E-state index >= 15 is 0 Å². The molecule has 1 fully saturated rings. The number of hydrogen-bond donors (Lipinski definition) is 1. The molecule has 0 unspecified atom stereocenters. The third-order valence-corrected chi connectivity index (χ3v) is 5.99. The molecule has 118 valence electrons. The van der Waals surface area contributed by atoms with E-state index in [0.717, 1.165) is 50.2 Å². The molecule has 1 aliphatic rings. The van der Waals surface area contributed by atoms with Gasteiger partial charge in [0.05, 0.1) is 5.52 Å². The van der Waals surface area contributed by atoms with Gasteiger partial charge in [0.25, 0.3) is 0 Å². The highest BCUT2D eigenvalue weighted by molar-refractivity contribution is 8.00. The molecular formula is C18H24N2OS. The zero-order chi connectivity index (χ0) is 15.4. The van der Waals surface area contributed by atoms with Gasteiger partial charge in [-0.3, -0.25) is 4.98 Å². The molecule has 0 atom stereocenters. The van der Waals surface area contributed by atoms with Gasteiger partial charge in [-0.05, 0) is 37.7 Å². The van der Waals surface area contributed by atoms with Gasteiger partial charge in [-0.25, -0.2) is 0 Å². The van der Waals surface area contributed by atoms with Crippen molar-refractivity contribution in [3.05, 3.63) is 36.0 Å². The zero-order valence-electron chi connectivity index (χ0n) is 13.4. The Balaban J connectivity index is 1.86. The molecule has 0 amide bonds. The highest BCUT2D eigenvalue weighted by Crippen LogP contribution is 2.34. The van der Waals surface area contributed by atoms with E-state index in [-0.39, 0.29) is 4.75 Å². The molecule has 3 nitrogen and oxygen atoms in total. The average Bonchev–Trinajstić information content (AvgIpc) is 2.60. The lowest BCUT2D eigenvalue weighted by Gasteiger charge is -2.36. The second-order valence-corrected chi connectivity index (χ2v) is 7.16. The molecule has 0 saturated carbocycles. The highest BCUT2D eigenvalue weighted by atomic mass is 32.2. The Labute approximate surface area is 136 Å². The van der Waals surface area contributed by atoms with Gasteiger partial charge in [0.1, 0.15) is 0 Å². The highest BCUT2D eigenvalue weighted by Gasteiger charge is 2.31. The van der Waals surface area contributed by atoms with Crippen LogP contribution in [-0.2, 0) is 11.2 Å². The fourth-order valence-corrected chi connectivity index (χ4v) is 3.80. The lowest BCUT2D eigenvalue weighted by Crippen LogP contribution is -2.39. The number of aromatic nitrogens is 1. The van der Waals surface area contributed by atoms with E-state index in [1.807, 2.05) is 11.8 Å². The van der Waals surface area contributed by atoms with Crippen molar-refractivity contribution < 1.29 is 4.74 Å². The molecular weight excluding hydrogens is 292 g/mol. The summed E-state index contributed by atoms with van der Waals surface area (Å²) < 4.78 is 5.82. The third-order valence-electron chi connectivity index (χ3n) is 4.57. The molecule has 3 rings (SSSR count). The van der Waals surface area contributed by atoms with Gasteiger partial charge in [-0.2, -0.15) is 11.8 Å². The summed E-state index contributed by atoms with van der Waals surface area (Å²) >= 11 is 1.97. The maximum atomic E-state index is 5.53. The van der Waals surface area contributed by atoms with E-state index in [0.29, 0.717) is 0 Å². The minimum Gasteiger partial charge on any atom is -0.383 e. The number of nitrogens with one attached hydrogen (secondary N) is 1. The second-order valence-electron chi connectivity index (χ2n) is 5.88. The number of fused-ring (bicyclic) bond motifs is 1. The van der Waals surface area contributed by atoms with Gasteiger partial charge in [0, 0.05) is 41.3 Å². The largest absolute Gasteiger partial charge is 0.383 e. The van der Waals surface area contributed by atoms with E-state index in [9.17, 15) is 0 Å². The fraction of sp³-hybridized carbons (Fsp3) is 0.500.